The summed E-state index contributed by atoms with van der Waals surface area (Å²) in [7, 11) is 0. The summed E-state index contributed by atoms with van der Waals surface area (Å²) in [6.45, 7) is 8.84. The second kappa shape index (κ2) is 9.55. The largest absolute Gasteiger partial charge is 0.340 e. The lowest BCUT2D eigenvalue weighted by atomic mass is 10.1. The van der Waals surface area contributed by atoms with E-state index in [1.165, 1.54) is 16.7 Å². The van der Waals surface area contributed by atoms with Crippen molar-refractivity contribution < 1.29 is 4.79 Å². The average Bonchev–Trinajstić information content (AvgIpc) is 3.07. The predicted octanol–water partition coefficient (Wildman–Crippen LogP) is 3.69. The highest BCUT2D eigenvalue weighted by Crippen LogP contribution is 2.23. The van der Waals surface area contributed by atoms with Gasteiger partial charge < -0.3 is 4.90 Å². The van der Waals surface area contributed by atoms with Gasteiger partial charge in [-0.2, -0.15) is 0 Å². The van der Waals surface area contributed by atoms with Gasteiger partial charge in [0.1, 0.15) is 0 Å². The molecule has 4 nitrogen and oxygen atoms in total. The van der Waals surface area contributed by atoms with Crippen LogP contribution in [-0.4, -0.2) is 59.4 Å². The molecule has 1 unspecified atom stereocenters. The van der Waals surface area contributed by atoms with Crippen molar-refractivity contribution in [3.63, 3.8) is 0 Å². The van der Waals surface area contributed by atoms with E-state index in [0.29, 0.717) is 5.91 Å². The van der Waals surface area contributed by atoms with Gasteiger partial charge in [0.15, 0.2) is 0 Å². The minimum Gasteiger partial charge on any atom is -0.340 e. The Hall–Kier alpha value is -2.17. The summed E-state index contributed by atoms with van der Waals surface area (Å²) in [4.78, 5) is 20.4. The Labute approximate surface area is 175 Å². The van der Waals surface area contributed by atoms with E-state index in [9.17, 15) is 4.79 Å². The fourth-order valence-corrected chi connectivity index (χ4v) is 4.70. The van der Waals surface area contributed by atoms with Gasteiger partial charge in [0.2, 0.25) is 5.91 Å². The zero-order chi connectivity index (χ0) is 20.1. The standard InChI is InChI=1S/C25H33N3O/c1-21-9-5-6-12-23(21)20-26-14-8-16-27(18-17-26)25(29)24-13-7-15-28(24)19-22-10-3-2-4-11-22/h2-6,9-12,24H,7-8,13-20H2,1H3. The molecule has 0 radical (unpaired) electrons. The van der Waals surface area contributed by atoms with Gasteiger partial charge in [0.25, 0.3) is 0 Å². The van der Waals surface area contributed by atoms with Gasteiger partial charge in [-0.15, -0.1) is 0 Å². The van der Waals surface area contributed by atoms with Crippen LogP contribution in [0.4, 0.5) is 0 Å². The maximum absolute atomic E-state index is 13.3. The summed E-state index contributed by atoms with van der Waals surface area (Å²) >= 11 is 0. The molecule has 2 aliphatic rings. The van der Waals surface area contributed by atoms with Crippen LogP contribution in [0.2, 0.25) is 0 Å². The van der Waals surface area contributed by atoms with Crippen molar-refractivity contribution in [3.05, 3.63) is 71.3 Å². The second-order valence-corrected chi connectivity index (χ2v) is 8.50. The summed E-state index contributed by atoms with van der Waals surface area (Å²) in [5, 5.41) is 0. The van der Waals surface area contributed by atoms with Crippen LogP contribution in [0.15, 0.2) is 54.6 Å². The third-order valence-corrected chi connectivity index (χ3v) is 6.43. The molecule has 0 aliphatic carbocycles. The first kappa shape index (κ1) is 20.1. The molecule has 2 aromatic rings. The molecule has 0 bridgehead atoms. The summed E-state index contributed by atoms with van der Waals surface area (Å²) < 4.78 is 0. The van der Waals surface area contributed by atoms with Crippen LogP contribution in [0.5, 0.6) is 0 Å². The highest BCUT2D eigenvalue weighted by Gasteiger charge is 2.34. The molecule has 2 aromatic carbocycles. The van der Waals surface area contributed by atoms with Gasteiger partial charge in [-0.3, -0.25) is 14.6 Å². The second-order valence-electron chi connectivity index (χ2n) is 8.50. The third-order valence-electron chi connectivity index (χ3n) is 6.43. The van der Waals surface area contributed by atoms with Crippen LogP contribution in [0.1, 0.15) is 36.0 Å². The summed E-state index contributed by atoms with van der Waals surface area (Å²) in [5.41, 5.74) is 4.05. The van der Waals surface area contributed by atoms with Gasteiger partial charge >= 0.3 is 0 Å². The first-order chi connectivity index (χ1) is 14.2. The molecular weight excluding hydrogens is 358 g/mol. The number of likely N-dealkylation sites (tertiary alicyclic amines) is 1. The van der Waals surface area contributed by atoms with Crippen LogP contribution in [0, 0.1) is 6.92 Å². The third kappa shape index (κ3) is 5.06. The zero-order valence-electron chi connectivity index (χ0n) is 17.6. The fourth-order valence-electron chi connectivity index (χ4n) is 4.70. The molecule has 2 saturated heterocycles. The van der Waals surface area contributed by atoms with Crippen molar-refractivity contribution in [1.82, 2.24) is 14.7 Å². The predicted molar refractivity (Wildman–Crippen MR) is 118 cm³/mol. The van der Waals surface area contributed by atoms with E-state index in [1.807, 2.05) is 0 Å². The lowest BCUT2D eigenvalue weighted by Crippen LogP contribution is -2.46. The Morgan fingerprint density at radius 2 is 1.66 bits per heavy atom. The molecule has 1 amide bonds. The number of hydrogen-bond donors (Lipinski definition) is 0. The Morgan fingerprint density at radius 1 is 0.862 bits per heavy atom. The summed E-state index contributed by atoms with van der Waals surface area (Å²) in [6.07, 6.45) is 3.18. The van der Waals surface area contributed by atoms with Crippen molar-refractivity contribution in [3.8, 4) is 0 Å². The smallest absolute Gasteiger partial charge is 0.239 e. The summed E-state index contributed by atoms with van der Waals surface area (Å²) in [6, 6.07) is 19.2. The number of nitrogens with zero attached hydrogens (tertiary/aromatic N) is 3. The topological polar surface area (TPSA) is 26.8 Å². The number of carbonyl (C=O) groups is 1. The normalized spacial score (nSPS) is 21.3. The number of carbonyl (C=O) groups excluding carboxylic acids is 1. The van der Waals surface area contributed by atoms with Gasteiger partial charge in [-0.1, -0.05) is 54.6 Å². The highest BCUT2D eigenvalue weighted by atomic mass is 16.2. The SMILES string of the molecule is Cc1ccccc1CN1CCCN(C(=O)C2CCCN2Cc2ccccc2)CC1. The number of hydrogen-bond acceptors (Lipinski definition) is 3. The molecule has 0 spiro atoms. The lowest BCUT2D eigenvalue weighted by molar-refractivity contribution is -0.136. The molecule has 0 aromatic heterocycles. The van der Waals surface area contributed by atoms with E-state index >= 15 is 0 Å². The van der Waals surface area contributed by atoms with Gasteiger partial charge in [-0.25, -0.2) is 0 Å². The molecule has 2 fully saturated rings. The van der Waals surface area contributed by atoms with Gasteiger partial charge in [0, 0.05) is 39.3 Å². The number of benzene rings is 2. The first-order valence-corrected chi connectivity index (χ1v) is 11.0. The number of aryl methyl sites for hydroxylation is 1. The van der Waals surface area contributed by atoms with Gasteiger partial charge in [-0.05, 0) is 49.4 Å². The molecule has 2 heterocycles. The number of amides is 1. The minimum absolute atomic E-state index is 0.0538. The van der Waals surface area contributed by atoms with Crippen LogP contribution < -0.4 is 0 Å². The molecular formula is C25H33N3O. The molecule has 154 valence electrons. The molecule has 4 rings (SSSR count). The fraction of sp³-hybridized carbons (Fsp3) is 0.480. The van der Waals surface area contributed by atoms with E-state index in [-0.39, 0.29) is 6.04 Å². The van der Waals surface area contributed by atoms with E-state index < -0.39 is 0 Å². The Morgan fingerprint density at radius 3 is 2.48 bits per heavy atom. The monoisotopic (exact) mass is 391 g/mol. The van der Waals surface area contributed by atoms with Crippen molar-refractivity contribution in [2.75, 3.05) is 32.7 Å². The zero-order valence-corrected chi connectivity index (χ0v) is 17.6. The van der Waals surface area contributed by atoms with E-state index in [1.54, 1.807) is 0 Å². The lowest BCUT2D eigenvalue weighted by Gasteiger charge is -2.30. The van der Waals surface area contributed by atoms with Crippen molar-refractivity contribution in [2.24, 2.45) is 0 Å². The molecule has 0 N–H and O–H groups in total. The van der Waals surface area contributed by atoms with Crippen molar-refractivity contribution >= 4 is 5.91 Å². The molecule has 4 heteroatoms. The molecule has 2 aliphatic heterocycles. The quantitative estimate of drug-likeness (QED) is 0.778. The molecule has 29 heavy (non-hydrogen) atoms. The Balaban J connectivity index is 1.34. The Kier molecular flexibility index (Phi) is 6.63. The minimum atomic E-state index is 0.0538. The van der Waals surface area contributed by atoms with Crippen molar-refractivity contribution in [2.45, 2.75) is 45.3 Å². The summed E-state index contributed by atoms with van der Waals surface area (Å²) in [5.74, 6) is 0.344. The van der Waals surface area contributed by atoms with E-state index in [2.05, 4.69) is 76.2 Å². The highest BCUT2D eigenvalue weighted by molar-refractivity contribution is 5.82. The first-order valence-electron chi connectivity index (χ1n) is 11.0. The van der Waals surface area contributed by atoms with Crippen LogP contribution >= 0.6 is 0 Å². The van der Waals surface area contributed by atoms with Crippen LogP contribution in [-0.2, 0) is 17.9 Å². The van der Waals surface area contributed by atoms with E-state index in [0.717, 1.165) is 65.1 Å². The van der Waals surface area contributed by atoms with Crippen molar-refractivity contribution in [1.29, 1.82) is 0 Å². The van der Waals surface area contributed by atoms with E-state index in [4.69, 9.17) is 0 Å². The van der Waals surface area contributed by atoms with Gasteiger partial charge in [0.05, 0.1) is 6.04 Å². The molecule has 0 saturated carbocycles. The molecule has 1 atom stereocenters. The average molecular weight is 392 g/mol. The Bertz CT molecular complexity index is 807. The maximum Gasteiger partial charge on any atom is 0.239 e. The maximum atomic E-state index is 13.3. The van der Waals surface area contributed by atoms with Crippen LogP contribution in [0.25, 0.3) is 0 Å². The number of rotatable bonds is 5. The van der Waals surface area contributed by atoms with Crippen LogP contribution in [0.3, 0.4) is 0 Å².